The molecule has 0 saturated carbocycles. The Hall–Kier alpha value is -2.21. The number of nitrogens with one attached hydrogen (secondary N) is 1. The van der Waals surface area contributed by atoms with Crippen LogP contribution in [0.1, 0.15) is 48.7 Å². The number of aromatic nitrogens is 2. The van der Waals surface area contributed by atoms with E-state index >= 15 is 0 Å². The lowest BCUT2D eigenvalue weighted by Crippen LogP contribution is -2.27. The molecule has 0 fully saturated rings. The minimum atomic E-state index is -0.227. The number of rotatable bonds is 5. The molecule has 1 aliphatic rings. The summed E-state index contributed by atoms with van der Waals surface area (Å²) in [7, 11) is 0. The Labute approximate surface area is 162 Å². The third kappa shape index (κ3) is 3.50. The summed E-state index contributed by atoms with van der Waals surface area (Å²) in [6.45, 7) is 4.61. The Morgan fingerprint density at radius 1 is 1.30 bits per heavy atom. The van der Waals surface area contributed by atoms with Gasteiger partial charge in [-0.2, -0.15) is 0 Å². The maximum absolute atomic E-state index is 13.4. The van der Waals surface area contributed by atoms with Crippen molar-refractivity contribution in [2.24, 2.45) is 0 Å². The van der Waals surface area contributed by atoms with Gasteiger partial charge >= 0.3 is 0 Å². The lowest BCUT2D eigenvalue weighted by Gasteiger charge is -2.17. The number of halogens is 1. The van der Waals surface area contributed by atoms with Crippen molar-refractivity contribution < 1.29 is 4.39 Å². The smallest absolute Gasteiger partial charge is 0.264 e. The van der Waals surface area contributed by atoms with Crippen LogP contribution in [0.5, 0.6) is 0 Å². The second-order valence-corrected chi connectivity index (χ2v) is 8.49. The van der Waals surface area contributed by atoms with Crippen LogP contribution in [0.3, 0.4) is 0 Å². The number of fused-ring (bicyclic) bond motifs is 3. The highest BCUT2D eigenvalue weighted by Crippen LogP contribution is 2.34. The first-order valence-corrected chi connectivity index (χ1v) is 10.4. The second kappa shape index (κ2) is 7.43. The monoisotopic (exact) mass is 385 g/mol. The molecule has 6 heteroatoms. The van der Waals surface area contributed by atoms with Crippen molar-refractivity contribution in [2.75, 3.05) is 11.9 Å². The van der Waals surface area contributed by atoms with E-state index in [2.05, 4.69) is 5.32 Å². The number of hydrogen-bond acceptors (Lipinski definition) is 4. The Morgan fingerprint density at radius 3 is 2.89 bits per heavy atom. The number of nitrogens with zero attached hydrogens (tertiary/aromatic N) is 2. The highest BCUT2D eigenvalue weighted by Gasteiger charge is 2.22. The fourth-order valence-electron chi connectivity index (χ4n) is 3.83. The average molecular weight is 386 g/mol. The van der Waals surface area contributed by atoms with Crippen molar-refractivity contribution in [3.8, 4) is 0 Å². The molecule has 1 aromatic carbocycles. The molecule has 0 spiro atoms. The van der Waals surface area contributed by atoms with E-state index in [9.17, 15) is 9.18 Å². The van der Waals surface area contributed by atoms with E-state index < -0.39 is 0 Å². The summed E-state index contributed by atoms with van der Waals surface area (Å²) < 4.78 is 15.1. The van der Waals surface area contributed by atoms with Crippen molar-refractivity contribution in [1.29, 1.82) is 0 Å². The zero-order valence-electron chi connectivity index (χ0n) is 15.7. The molecule has 1 N–H and O–H groups in total. The van der Waals surface area contributed by atoms with Gasteiger partial charge in [0.2, 0.25) is 5.95 Å². The van der Waals surface area contributed by atoms with E-state index in [1.54, 1.807) is 28.0 Å². The summed E-state index contributed by atoms with van der Waals surface area (Å²) in [4.78, 5) is 20.2. The molecule has 0 amide bonds. The summed E-state index contributed by atoms with van der Waals surface area (Å²) >= 11 is 1.67. The van der Waals surface area contributed by atoms with Crippen molar-refractivity contribution in [3.63, 3.8) is 0 Å². The molecule has 0 atom stereocenters. The van der Waals surface area contributed by atoms with Gasteiger partial charge < -0.3 is 5.32 Å². The molecule has 0 aliphatic heterocycles. The van der Waals surface area contributed by atoms with Gasteiger partial charge in [-0.25, -0.2) is 9.37 Å². The van der Waals surface area contributed by atoms with E-state index in [-0.39, 0.29) is 17.4 Å². The number of thiophene rings is 1. The number of benzene rings is 1. The largest absolute Gasteiger partial charge is 0.355 e. The minimum Gasteiger partial charge on any atom is -0.355 e. The fraction of sp³-hybridized carbons (Fsp3) is 0.429. The summed E-state index contributed by atoms with van der Waals surface area (Å²) in [6.07, 6.45) is 5.05. The van der Waals surface area contributed by atoms with E-state index in [0.29, 0.717) is 18.9 Å². The molecule has 0 saturated heterocycles. The normalized spacial score (nSPS) is 13.9. The number of hydrogen-bond donors (Lipinski definition) is 1. The lowest BCUT2D eigenvalue weighted by molar-refractivity contribution is 0.579. The van der Waals surface area contributed by atoms with Crippen molar-refractivity contribution in [1.82, 2.24) is 9.55 Å². The van der Waals surface area contributed by atoms with Crippen molar-refractivity contribution >= 4 is 27.5 Å². The van der Waals surface area contributed by atoms with Crippen LogP contribution in [0.2, 0.25) is 0 Å². The predicted molar refractivity (Wildman–Crippen MR) is 110 cm³/mol. The van der Waals surface area contributed by atoms with E-state index in [0.717, 1.165) is 35.0 Å². The van der Waals surface area contributed by atoms with Gasteiger partial charge in [0.05, 0.1) is 5.39 Å². The predicted octanol–water partition coefficient (Wildman–Crippen LogP) is 4.71. The molecule has 1 aliphatic carbocycles. The van der Waals surface area contributed by atoms with Crippen LogP contribution in [-0.4, -0.2) is 16.1 Å². The third-order valence-electron chi connectivity index (χ3n) is 5.12. The minimum absolute atomic E-state index is 0.0187. The molecule has 3 aromatic rings. The van der Waals surface area contributed by atoms with E-state index in [1.807, 2.05) is 19.9 Å². The second-order valence-electron chi connectivity index (χ2n) is 7.40. The van der Waals surface area contributed by atoms with Crippen LogP contribution >= 0.6 is 11.3 Å². The van der Waals surface area contributed by atoms with Gasteiger partial charge in [-0.1, -0.05) is 12.1 Å². The van der Waals surface area contributed by atoms with Gasteiger partial charge in [0.25, 0.3) is 5.56 Å². The maximum atomic E-state index is 13.4. The van der Waals surface area contributed by atoms with Crippen molar-refractivity contribution in [2.45, 2.75) is 52.0 Å². The van der Waals surface area contributed by atoms with Gasteiger partial charge in [-0.15, -0.1) is 11.3 Å². The number of aryl methyl sites for hydroxylation is 2. The molecule has 142 valence electrons. The van der Waals surface area contributed by atoms with Crippen molar-refractivity contribution in [3.05, 3.63) is 56.4 Å². The van der Waals surface area contributed by atoms with Gasteiger partial charge in [0.15, 0.2) is 0 Å². The van der Waals surface area contributed by atoms with Crippen LogP contribution in [0.4, 0.5) is 10.3 Å². The summed E-state index contributed by atoms with van der Waals surface area (Å²) in [6, 6.07) is 6.63. The molecule has 4 nitrogen and oxygen atoms in total. The third-order valence-corrected chi connectivity index (χ3v) is 6.31. The molecule has 2 heterocycles. The first-order valence-electron chi connectivity index (χ1n) is 9.59. The molecule has 0 radical (unpaired) electrons. The zero-order valence-corrected chi connectivity index (χ0v) is 16.5. The molecule has 2 aromatic heterocycles. The first-order chi connectivity index (χ1) is 13.0. The Kier molecular flexibility index (Phi) is 5.00. The maximum Gasteiger partial charge on any atom is 0.264 e. The lowest BCUT2D eigenvalue weighted by atomic mass is 9.97. The Balaban J connectivity index is 1.67. The highest BCUT2D eigenvalue weighted by molar-refractivity contribution is 7.18. The average Bonchev–Trinajstić information content (AvgIpc) is 3.00. The summed E-state index contributed by atoms with van der Waals surface area (Å²) in [5.74, 6) is 0.382. The molecular formula is C21H24FN3OS. The van der Waals surface area contributed by atoms with E-state index in [1.165, 1.54) is 22.9 Å². The van der Waals surface area contributed by atoms with Crippen LogP contribution in [-0.2, 0) is 19.3 Å². The fourth-order valence-corrected chi connectivity index (χ4v) is 5.08. The molecular weight excluding hydrogens is 361 g/mol. The molecule has 0 unspecified atom stereocenters. The van der Waals surface area contributed by atoms with E-state index in [4.69, 9.17) is 4.98 Å². The SMILES string of the molecule is CC(C)n1c(NCCc2cccc(F)c2)nc2sc3c(c2c1=O)CCCC3. The van der Waals surface area contributed by atoms with Crippen LogP contribution in [0.15, 0.2) is 29.1 Å². The highest BCUT2D eigenvalue weighted by atomic mass is 32.1. The summed E-state index contributed by atoms with van der Waals surface area (Å²) in [5.41, 5.74) is 2.20. The quantitative estimate of drug-likeness (QED) is 0.692. The standard InChI is InChI=1S/C21H24FN3OS/c1-13(2)25-20(26)18-16-8-3-4-9-17(16)27-19(18)24-21(25)23-11-10-14-6-5-7-15(22)12-14/h5-7,12-13H,3-4,8-11H2,1-2H3,(H,23,24). The van der Waals surface area contributed by atoms with Crippen LogP contribution in [0.25, 0.3) is 10.2 Å². The van der Waals surface area contributed by atoms with Gasteiger partial charge in [-0.3, -0.25) is 9.36 Å². The summed E-state index contributed by atoms with van der Waals surface area (Å²) in [5, 5.41) is 4.13. The molecule has 0 bridgehead atoms. The molecule has 27 heavy (non-hydrogen) atoms. The van der Waals surface area contributed by atoms with Gasteiger partial charge in [0, 0.05) is 17.5 Å². The topological polar surface area (TPSA) is 46.9 Å². The number of anilines is 1. The van der Waals surface area contributed by atoms with Gasteiger partial charge in [0.1, 0.15) is 10.6 Å². The van der Waals surface area contributed by atoms with Crippen LogP contribution < -0.4 is 10.9 Å². The van der Waals surface area contributed by atoms with Gasteiger partial charge in [-0.05, 0) is 69.2 Å². The Bertz CT molecular complexity index is 1040. The zero-order chi connectivity index (χ0) is 19.0. The molecule has 4 rings (SSSR count). The first kappa shape index (κ1) is 18.2. The van der Waals surface area contributed by atoms with Crippen LogP contribution in [0, 0.1) is 5.82 Å². The Morgan fingerprint density at radius 2 is 2.11 bits per heavy atom.